The van der Waals surface area contributed by atoms with Gasteiger partial charge in [0.05, 0.1) is 47.0 Å². The highest BCUT2D eigenvalue weighted by atomic mass is 32.2. The predicted molar refractivity (Wildman–Crippen MR) is 119 cm³/mol. The van der Waals surface area contributed by atoms with Crippen LogP contribution in [0.1, 0.15) is 5.56 Å². The van der Waals surface area contributed by atoms with Gasteiger partial charge in [-0.05, 0) is 36.4 Å². The maximum atomic E-state index is 12.8. The summed E-state index contributed by atoms with van der Waals surface area (Å²) in [5.74, 6) is -0.579. The number of hydrogen-bond donors (Lipinski definition) is 2. The van der Waals surface area contributed by atoms with Crippen LogP contribution >= 0.6 is 0 Å². The lowest BCUT2D eigenvalue weighted by atomic mass is 10.2. The first-order valence-corrected chi connectivity index (χ1v) is 11.0. The van der Waals surface area contributed by atoms with Crippen molar-refractivity contribution in [2.75, 3.05) is 18.9 Å². The number of carbonyl (C=O) groups excluding carboxylic acids is 1. The highest BCUT2D eigenvalue weighted by Gasteiger charge is 2.23. The molecule has 0 bridgehead atoms. The Balaban J connectivity index is 1.56. The zero-order valence-electron chi connectivity index (χ0n) is 17.3. The van der Waals surface area contributed by atoms with Crippen molar-refractivity contribution in [2.45, 2.75) is 4.90 Å². The van der Waals surface area contributed by atoms with Gasteiger partial charge in [-0.2, -0.15) is 14.7 Å². The Hall–Kier alpha value is -4.34. The number of nitriles is 1. The number of hydrogen-bond acceptors (Lipinski definition) is 7. The minimum Gasteiger partial charge on any atom is -0.323 e. The molecule has 166 valence electrons. The Morgan fingerprint density at radius 2 is 1.94 bits per heavy atom. The van der Waals surface area contributed by atoms with E-state index in [1.165, 1.54) is 48.5 Å². The molecule has 0 saturated heterocycles. The number of nitrogens with one attached hydrogen (secondary N) is 2. The summed E-state index contributed by atoms with van der Waals surface area (Å²) in [6.07, 6.45) is 2.63. The summed E-state index contributed by atoms with van der Waals surface area (Å²) in [6, 6.07) is 14.1. The summed E-state index contributed by atoms with van der Waals surface area (Å²) in [5, 5.41) is 16.0. The van der Waals surface area contributed by atoms with E-state index in [2.05, 4.69) is 20.4 Å². The monoisotopic (exact) mass is 463 g/mol. The van der Waals surface area contributed by atoms with E-state index >= 15 is 0 Å². The molecule has 0 radical (unpaired) electrons. The van der Waals surface area contributed by atoms with E-state index in [-0.39, 0.29) is 15.8 Å². The number of fused-ring (bicyclic) bond motifs is 1. The van der Waals surface area contributed by atoms with E-state index < -0.39 is 22.5 Å². The second kappa shape index (κ2) is 8.65. The molecule has 0 aliphatic carbocycles. The van der Waals surface area contributed by atoms with Gasteiger partial charge in [0.2, 0.25) is 15.9 Å². The van der Waals surface area contributed by atoms with Crippen LogP contribution in [0.15, 0.2) is 70.7 Å². The molecule has 2 N–H and O–H groups in total. The van der Waals surface area contributed by atoms with Gasteiger partial charge in [-0.15, -0.1) is 0 Å². The van der Waals surface area contributed by atoms with Crippen molar-refractivity contribution in [2.24, 2.45) is 0 Å². The predicted octanol–water partition coefficient (Wildman–Crippen LogP) is 1.24. The van der Waals surface area contributed by atoms with Gasteiger partial charge in [-0.25, -0.2) is 18.1 Å². The number of aromatic amines is 1. The topological polar surface area (TPSA) is 154 Å². The van der Waals surface area contributed by atoms with Gasteiger partial charge in [-0.1, -0.05) is 12.1 Å². The Morgan fingerprint density at radius 3 is 2.67 bits per heavy atom. The lowest BCUT2D eigenvalue weighted by molar-refractivity contribution is -0.116. The van der Waals surface area contributed by atoms with Crippen LogP contribution < -0.4 is 10.9 Å². The number of sulfonamides is 1. The Bertz CT molecular complexity index is 1550. The maximum absolute atomic E-state index is 12.8. The zero-order valence-corrected chi connectivity index (χ0v) is 18.1. The SMILES string of the molecule is CN(CC(=O)Nc1ccccc1-n1ncc2c(=O)[nH]cnc21)S(=O)(=O)c1ccc(C#N)cc1. The van der Waals surface area contributed by atoms with Crippen LogP contribution in [-0.4, -0.2) is 52.0 Å². The van der Waals surface area contributed by atoms with Crippen LogP contribution in [0.3, 0.4) is 0 Å². The van der Waals surface area contributed by atoms with Gasteiger partial charge < -0.3 is 10.3 Å². The first-order valence-electron chi connectivity index (χ1n) is 9.58. The largest absolute Gasteiger partial charge is 0.323 e. The quantitative estimate of drug-likeness (QED) is 0.436. The van der Waals surface area contributed by atoms with Crippen molar-refractivity contribution >= 4 is 32.7 Å². The molecule has 2 aromatic heterocycles. The van der Waals surface area contributed by atoms with E-state index in [9.17, 15) is 18.0 Å². The molecule has 0 atom stereocenters. The lowest BCUT2D eigenvalue weighted by Crippen LogP contribution is -2.35. The van der Waals surface area contributed by atoms with E-state index in [0.717, 1.165) is 4.31 Å². The molecule has 0 unspecified atom stereocenters. The van der Waals surface area contributed by atoms with Crippen LogP contribution in [-0.2, 0) is 14.8 Å². The third-order valence-corrected chi connectivity index (χ3v) is 6.65. The molecule has 2 aromatic carbocycles. The van der Waals surface area contributed by atoms with Crippen molar-refractivity contribution in [3.8, 4) is 11.8 Å². The molecule has 33 heavy (non-hydrogen) atoms. The molecule has 0 spiro atoms. The minimum absolute atomic E-state index is 0.0310. The number of nitrogens with zero attached hydrogens (tertiary/aromatic N) is 5. The van der Waals surface area contributed by atoms with E-state index in [1.807, 2.05) is 6.07 Å². The Morgan fingerprint density at radius 1 is 1.21 bits per heavy atom. The third kappa shape index (κ3) is 4.22. The number of likely N-dealkylation sites (N-methyl/N-ethyl adjacent to an activating group) is 1. The van der Waals surface area contributed by atoms with Gasteiger partial charge in [-0.3, -0.25) is 9.59 Å². The zero-order chi connectivity index (χ0) is 23.6. The molecule has 4 rings (SSSR count). The smallest absolute Gasteiger partial charge is 0.261 e. The van der Waals surface area contributed by atoms with Crippen molar-refractivity contribution in [1.82, 2.24) is 24.1 Å². The Labute approximate surface area is 188 Å². The fraction of sp³-hybridized carbons (Fsp3) is 0.0952. The molecule has 0 aliphatic heterocycles. The number of para-hydroxylation sites is 2. The van der Waals surface area contributed by atoms with Gasteiger partial charge in [0.1, 0.15) is 5.39 Å². The van der Waals surface area contributed by atoms with Crippen LogP contribution in [0.2, 0.25) is 0 Å². The molecule has 12 heteroatoms. The van der Waals surface area contributed by atoms with Crippen molar-refractivity contribution in [1.29, 1.82) is 5.26 Å². The molecule has 2 heterocycles. The second-order valence-electron chi connectivity index (χ2n) is 6.99. The van der Waals surface area contributed by atoms with E-state index in [1.54, 1.807) is 24.3 Å². The number of anilines is 1. The van der Waals surface area contributed by atoms with Crippen molar-refractivity contribution in [3.63, 3.8) is 0 Å². The van der Waals surface area contributed by atoms with E-state index in [0.29, 0.717) is 22.6 Å². The van der Waals surface area contributed by atoms with Crippen LogP contribution in [0, 0.1) is 11.3 Å². The standard InChI is InChI=1S/C21H17N7O4S/c1-27(33(31,32)15-8-6-14(10-22)7-9-15)12-19(29)26-17-4-2-3-5-18(17)28-20-16(11-25-28)21(30)24-13-23-20/h2-9,11,13H,12H2,1H3,(H,26,29)(H,23,24,30). The van der Waals surface area contributed by atoms with Gasteiger partial charge in [0.25, 0.3) is 5.56 Å². The van der Waals surface area contributed by atoms with Crippen molar-refractivity contribution < 1.29 is 13.2 Å². The fourth-order valence-electron chi connectivity index (χ4n) is 3.15. The molecule has 0 saturated carbocycles. The first kappa shape index (κ1) is 21.9. The Kier molecular flexibility index (Phi) is 5.74. The number of rotatable bonds is 6. The summed E-state index contributed by atoms with van der Waals surface area (Å²) in [7, 11) is -2.65. The minimum atomic E-state index is -3.94. The maximum Gasteiger partial charge on any atom is 0.261 e. The summed E-state index contributed by atoms with van der Waals surface area (Å²) < 4.78 is 27.8. The van der Waals surface area contributed by atoms with Crippen LogP contribution in [0.4, 0.5) is 5.69 Å². The number of carbonyl (C=O) groups is 1. The molecule has 11 nitrogen and oxygen atoms in total. The van der Waals surface area contributed by atoms with E-state index in [4.69, 9.17) is 5.26 Å². The molecule has 0 fully saturated rings. The third-order valence-electron chi connectivity index (χ3n) is 4.84. The molecule has 0 aliphatic rings. The van der Waals surface area contributed by atoms with Gasteiger partial charge >= 0.3 is 0 Å². The molecule has 1 amide bonds. The number of amides is 1. The fourth-order valence-corrected chi connectivity index (χ4v) is 4.28. The van der Waals surface area contributed by atoms with Gasteiger partial charge in [0.15, 0.2) is 5.65 Å². The summed E-state index contributed by atoms with van der Waals surface area (Å²) in [6.45, 7) is -0.450. The average molecular weight is 463 g/mol. The molecular formula is C21H17N7O4S. The average Bonchev–Trinajstić information content (AvgIpc) is 3.24. The first-order chi connectivity index (χ1) is 15.8. The second-order valence-corrected chi connectivity index (χ2v) is 9.03. The summed E-state index contributed by atoms with van der Waals surface area (Å²) in [4.78, 5) is 31.2. The summed E-state index contributed by atoms with van der Waals surface area (Å²) >= 11 is 0. The molecular weight excluding hydrogens is 446 g/mol. The van der Waals surface area contributed by atoms with Crippen LogP contribution in [0.25, 0.3) is 16.7 Å². The normalized spacial score (nSPS) is 11.4. The number of benzene rings is 2. The lowest BCUT2D eigenvalue weighted by Gasteiger charge is -2.18. The summed E-state index contributed by atoms with van der Waals surface area (Å²) in [5.41, 5.74) is 1.10. The highest BCUT2D eigenvalue weighted by molar-refractivity contribution is 7.89. The molecule has 4 aromatic rings. The highest BCUT2D eigenvalue weighted by Crippen LogP contribution is 2.22. The number of aromatic nitrogens is 4. The van der Waals surface area contributed by atoms with Gasteiger partial charge in [0, 0.05) is 7.05 Å². The number of H-pyrrole nitrogens is 1. The van der Waals surface area contributed by atoms with Crippen molar-refractivity contribution in [3.05, 3.63) is 77.0 Å². The van der Waals surface area contributed by atoms with Crippen LogP contribution in [0.5, 0.6) is 0 Å².